The van der Waals surface area contributed by atoms with Gasteiger partial charge in [-0.15, -0.1) is 0 Å². The number of hydrogen-bond acceptors (Lipinski definition) is 3. The van der Waals surface area contributed by atoms with Crippen molar-refractivity contribution in [2.75, 3.05) is 13.2 Å². The van der Waals surface area contributed by atoms with Gasteiger partial charge in [0.25, 0.3) is 0 Å². The largest absolute Gasteiger partial charge is 0.378 e. The molecular weight excluding hydrogens is 180 g/mol. The van der Waals surface area contributed by atoms with Crippen LogP contribution in [-0.2, 0) is 9.53 Å². The lowest BCUT2D eigenvalue weighted by Gasteiger charge is -2.10. The highest BCUT2D eigenvalue weighted by molar-refractivity contribution is 5.76. The van der Waals surface area contributed by atoms with Gasteiger partial charge in [-0.1, -0.05) is 0 Å². The number of hydrogen-bond donors (Lipinski definition) is 1. The first-order valence-electron chi connectivity index (χ1n) is 5.00. The van der Waals surface area contributed by atoms with Crippen LogP contribution < -0.4 is 5.32 Å². The van der Waals surface area contributed by atoms with E-state index >= 15 is 0 Å². The molecule has 1 amide bonds. The average molecular weight is 196 g/mol. The molecule has 0 bridgehead atoms. The monoisotopic (exact) mass is 196 g/mol. The third-order valence-corrected chi connectivity index (χ3v) is 2.26. The molecule has 0 spiro atoms. The van der Waals surface area contributed by atoms with Crippen LogP contribution in [0.1, 0.15) is 26.2 Å². The molecule has 1 N–H and O–H groups in total. The molecule has 2 atom stereocenters. The van der Waals surface area contributed by atoms with Gasteiger partial charge in [0, 0.05) is 13.2 Å². The quantitative estimate of drug-likeness (QED) is 0.724. The normalized spacial score (nSPS) is 22.7. The van der Waals surface area contributed by atoms with Crippen molar-refractivity contribution in [2.24, 2.45) is 5.92 Å². The Morgan fingerprint density at radius 3 is 3.14 bits per heavy atom. The van der Waals surface area contributed by atoms with Gasteiger partial charge >= 0.3 is 0 Å². The van der Waals surface area contributed by atoms with Gasteiger partial charge in [0.1, 0.15) is 0 Å². The summed E-state index contributed by atoms with van der Waals surface area (Å²) in [7, 11) is 0. The number of nitrogens with zero attached hydrogens (tertiary/aromatic N) is 1. The van der Waals surface area contributed by atoms with Gasteiger partial charge in [-0.25, -0.2) is 0 Å². The topological polar surface area (TPSA) is 62.1 Å². The fraction of sp³-hybridized carbons (Fsp3) is 0.800. The fourth-order valence-corrected chi connectivity index (χ4v) is 1.40. The standard InChI is InChI=1S/C10H16N2O2/c1-8(6-11)7-12-10(13)5-9-3-2-4-14-9/h8-9H,2-5,7H2,1H3,(H,12,13). The Hall–Kier alpha value is -1.08. The first kappa shape index (κ1) is 11.0. The molecule has 1 saturated heterocycles. The molecule has 1 rings (SSSR count). The number of carbonyl (C=O) groups is 1. The Bertz CT molecular complexity index is 229. The second-order valence-electron chi connectivity index (χ2n) is 3.67. The summed E-state index contributed by atoms with van der Waals surface area (Å²) < 4.78 is 5.33. The highest BCUT2D eigenvalue weighted by atomic mass is 16.5. The Kier molecular flexibility index (Phi) is 4.41. The fourth-order valence-electron chi connectivity index (χ4n) is 1.40. The third-order valence-electron chi connectivity index (χ3n) is 2.26. The lowest BCUT2D eigenvalue weighted by atomic mass is 10.1. The molecule has 4 heteroatoms. The second kappa shape index (κ2) is 5.61. The molecule has 2 unspecified atom stereocenters. The molecule has 1 fully saturated rings. The van der Waals surface area contributed by atoms with E-state index in [0.717, 1.165) is 19.4 Å². The van der Waals surface area contributed by atoms with Gasteiger partial charge in [0.05, 0.1) is 24.5 Å². The van der Waals surface area contributed by atoms with Crippen molar-refractivity contribution < 1.29 is 9.53 Å². The summed E-state index contributed by atoms with van der Waals surface area (Å²) in [5, 5.41) is 11.2. The molecule has 0 aliphatic carbocycles. The molecule has 14 heavy (non-hydrogen) atoms. The number of nitrogens with one attached hydrogen (secondary N) is 1. The SMILES string of the molecule is CC(C#N)CNC(=O)CC1CCCO1. The Balaban J connectivity index is 2.12. The van der Waals surface area contributed by atoms with Crippen LogP contribution >= 0.6 is 0 Å². The van der Waals surface area contributed by atoms with Crippen molar-refractivity contribution >= 4 is 5.91 Å². The molecule has 0 aromatic heterocycles. The number of rotatable bonds is 4. The van der Waals surface area contributed by atoms with Crippen molar-refractivity contribution in [3.63, 3.8) is 0 Å². The lowest BCUT2D eigenvalue weighted by molar-refractivity contribution is -0.123. The number of ether oxygens (including phenoxy) is 1. The van der Waals surface area contributed by atoms with Gasteiger partial charge in [0.15, 0.2) is 0 Å². The average Bonchev–Trinajstić information content (AvgIpc) is 2.66. The summed E-state index contributed by atoms with van der Waals surface area (Å²) in [6.07, 6.45) is 2.54. The zero-order valence-corrected chi connectivity index (χ0v) is 8.45. The van der Waals surface area contributed by atoms with Crippen molar-refractivity contribution in [1.82, 2.24) is 5.32 Å². The van der Waals surface area contributed by atoms with E-state index in [9.17, 15) is 4.79 Å². The van der Waals surface area contributed by atoms with Gasteiger partial charge < -0.3 is 10.1 Å². The summed E-state index contributed by atoms with van der Waals surface area (Å²) in [6.45, 7) is 2.99. The van der Waals surface area contributed by atoms with Gasteiger partial charge in [-0.3, -0.25) is 4.79 Å². The maximum atomic E-state index is 11.3. The highest BCUT2D eigenvalue weighted by Gasteiger charge is 2.18. The minimum absolute atomic E-state index is 0.0148. The third kappa shape index (κ3) is 3.75. The smallest absolute Gasteiger partial charge is 0.222 e. The van der Waals surface area contributed by atoms with E-state index in [1.165, 1.54) is 0 Å². The maximum Gasteiger partial charge on any atom is 0.222 e. The lowest BCUT2D eigenvalue weighted by Crippen LogP contribution is -2.30. The molecule has 4 nitrogen and oxygen atoms in total. The number of amides is 1. The van der Waals surface area contributed by atoms with E-state index in [2.05, 4.69) is 11.4 Å². The van der Waals surface area contributed by atoms with E-state index in [0.29, 0.717) is 13.0 Å². The maximum absolute atomic E-state index is 11.3. The van der Waals surface area contributed by atoms with E-state index in [-0.39, 0.29) is 17.9 Å². The van der Waals surface area contributed by atoms with Crippen LogP contribution in [0.5, 0.6) is 0 Å². The molecule has 0 aromatic carbocycles. The van der Waals surface area contributed by atoms with Crippen molar-refractivity contribution in [3.8, 4) is 6.07 Å². The molecule has 1 aliphatic rings. The van der Waals surface area contributed by atoms with Gasteiger partial charge in [-0.2, -0.15) is 5.26 Å². The molecule has 0 radical (unpaired) electrons. The van der Waals surface area contributed by atoms with Crippen LogP contribution in [0.3, 0.4) is 0 Å². The van der Waals surface area contributed by atoms with Crippen LogP contribution in [0.4, 0.5) is 0 Å². The van der Waals surface area contributed by atoms with Crippen LogP contribution in [0.25, 0.3) is 0 Å². The predicted molar refractivity (Wildman–Crippen MR) is 51.4 cm³/mol. The minimum Gasteiger partial charge on any atom is -0.378 e. The number of nitriles is 1. The summed E-state index contributed by atoms with van der Waals surface area (Å²) in [6, 6.07) is 2.07. The van der Waals surface area contributed by atoms with Crippen LogP contribution in [-0.4, -0.2) is 25.2 Å². The minimum atomic E-state index is -0.122. The summed E-state index contributed by atoms with van der Waals surface area (Å²) in [4.78, 5) is 11.3. The van der Waals surface area contributed by atoms with Gasteiger partial charge in [0.2, 0.25) is 5.91 Å². The number of carbonyl (C=O) groups excluding carboxylic acids is 1. The molecular formula is C10H16N2O2. The van der Waals surface area contributed by atoms with Gasteiger partial charge in [-0.05, 0) is 19.8 Å². The van der Waals surface area contributed by atoms with Crippen LogP contribution in [0.15, 0.2) is 0 Å². The van der Waals surface area contributed by atoms with E-state index in [1.54, 1.807) is 6.92 Å². The van der Waals surface area contributed by atoms with Crippen molar-refractivity contribution in [3.05, 3.63) is 0 Å². The Morgan fingerprint density at radius 1 is 1.79 bits per heavy atom. The van der Waals surface area contributed by atoms with Crippen molar-refractivity contribution in [2.45, 2.75) is 32.3 Å². The zero-order chi connectivity index (χ0) is 10.4. The summed E-state index contributed by atoms with van der Waals surface area (Å²) >= 11 is 0. The van der Waals surface area contributed by atoms with E-state index in [4.69, 9.17) is 10.00 Å². The molecule has 78 valence electrons. The first-order chi connectivity index (χ1) is 6.72. The Morgan fingerprint density at radius 2 is 2.57 bits per heavy atom. The van der Waals surface area contributed by atoms with Crippen LogP contribution in [0, 0.1) is 17.2 Å². The predicted octanol–water partition coefficient (Wildman–Crippen LogP) is 0.831. The molecule has 0 aromatic rings. The highest BCUT2D eigenvalue weighted by Crippen LogP contribution is 2.14. The van der Waals surface area contributed by atoms with E-state index in [1.807, 2.05) is 0 Å². The van der Waals surface area contributed by atoms with Crippen LogP contribution in [0.2, 0.25) is 0 Å². The van der Waals surface area contributed by atoms with Crippen molar-refractivity contribution in [1.29, 1.82) is 5.26 Å². The summed E-state index contributed by atoms with van der Waals surface area (Å²) in [5.41, 5.74) is 0. The first-order valence-corrected chi connectivity index (χ1v) is 5.00. The zero-order valence-electron chi connectivity index (χ0n) is 8.45. The van der Waals surface area contributed by atoms with E-state index < -0.39 is 0 Å². The molecule has 0 saturated carbocycles. The Labute approximate surface area is 84.2 Å². The summed E-state index contributed by atoms with van der Waals surface area (Å²) in [5.74, 6) is -0.137. The molecule has 1 heterocycles. The second-order valence-corrected chi connectivity index (χ2v) is 3.67. The molecule has 1 aliphatic heterocycles.